The minimum absolute atomic E-state index is 0.193. The number of benzene rings is 1. The van der Waals surface area contributed by atoms with Crippen LogP contribution >= 0.6 is 0 Å². The number of halogens is 3. The average Bonchev–Trinajstić information content (AvgIpc) is 2.39. The molecular weight excluding hydrogens is 257 g/mol. The third kappa shape index (κ3) is 3.96. The first-order valence-electron chi connectivity index (χ1n) is 6.15. The summed E-state index contributed by atoms with van der Waals surface area (Å²) in [6.45, 7) is 3.16. The van der Waals surface area contributed by atoms with E-state index < -0.39 is 23.4 Å². The first-order chi connectivity index (χ1) is 9.01. The second-order valence-corrected chi connectivity index (χ2v) is 4.19. The van der Waals surface area contributed by atoms with Crippen LogP contribution in [-0.2, 0) is 0 Å². The Bertz CT molecular complexity index is 429. The Morgan fingerprint density at radius 1 is 1.21 bits per heavy atom. The van der Waals surface area contributed by atoms with Crippen molar-refractivity contribution in [2.45, 2.75) is 19.8 Å². The van der Waals surface area contributed by atoms with Gasteiger partial charge in [0.2, 0.25) is 0 Å². The van der Waals surface area contributed by atoms with Crippen molar-refractivity contribution >= 4 is 5.91 Å². The molecule has 6 heteroatoms. The van der Waals surface area contributed by atoms with Crippen molar-refractivity contribution in [3.63, 3.8) is 0 Å². The monoisotopic (exact) mass is 274 g/mol. The minimum Gasteiger partial charge on any atom is -0.339 e. The molecule has 0 aromatic heterocycles. The van der Waals surface area contributed by atoms with Crippen molar-refractivity contribution < 1.29 is 18.0 Å². The molecule has 0 fully saturated rings. The van der Waals surface area contributed by atoms with Crippen molar-refractivity contribution in [3.8, 4) is 0 Å². The fourth-order valence-electron chi connectivity index (χ4n) is 1.73. The van der Waals surface area contributed by atoms with Crippen molar-refractivity contribution in [1.82, 2.24) is 4.90 Å². The van der Waals surface area contributed by atoms with E-state index in [9.17, 15) is 18.0 Å². The number of nitrogens with two attached hydrogens (primary N) is 1. The van der Waals surface area contributed by atoms with Gasteiger partial charge in [-0.15, -0.1) is 0 Å². The van der Waals surface area contributed by atoms with Crippen LogP contribution < -0.4 is 5.73 Å². The lowest BCUT2D eigenvalue weighted by molar-refractivity contribution is 0.0753. The van der Waals surface area contributed by atoms with Crippen LogP contribution in [-0.4, -0.2) is 30.4 Å². The highest BCUT2D eigenvalue weighted by molar-refractivity contribution is 5.94. The van der Waals surface area contributed by atoms with Crippen LogP contribution in [0.2, 0.25) is 0 Å². The van der Waals surface area contributed by atoms with Gasteiger partial charge >= 0.3 is 0 Å². The van der Waals surface area contributed by atoms with Gasteiger partial charge in [-0.2, -0.15) is 0 Å². The third-order valence-electron chi connectivity index (χ3n) is 2.64. The smallest absolute Gasteiger partial charge is 0.254 e. The molecule has 0 aliphatic carbocycles. The molecule has 0 aliphatic rings. The third-order valence-corrected chi connectivity index (χ3v) is 2.64. The summed E-state index contributed by atoms with van der Waals surface area (Å²) >= 11 is 0. The van der Waals surface area contributed by atoms with Crippen LogP contribution in [0.4, 0.5) is 13.2 Å². The van der Waals surface area contributed by atoms with E-state index in [0.717, 1.165) is 0 Å². The highest BCUT2D eigenvalue weighted by Gasteiger charge is 2.19. The second kappa shape index (κ2) is 7.13. The quantitative estimate of drug-likeness (QED) is 0.809. The summed E-state index contributed by atoms with van der Waals surface area (Å²) in [4.78, 5) is 13.5. The summed E-state index contributed by atoms with van der Waals surface area (Å²) in [5.41, 5.74) is 5.18. The first kappa shape index (κ1) is 15.5. The lowest BCUT2D eigenvalue weighted by Crippen LogP contribution is -2.33. The fraction of sp³-hybridized carbons (Fsp3) is 0.462. The second-order valence-electron chi connectivity index (χ2n) is 4.19. The van der Waals surface area contributed by atoms with Gasteiger partial charge in [-0.1, -0.05) is 6.92 Å². The van der Waals surface area contributed by atoms with Crippen molar-refractivity contribution in [2.24, 2.45) is 5.73 Å². The zero-order chi connectivity index (χ0) is 14.4. The standard InChI is InChI=1S/C13H17F3N2O/c1-2-5-18(6-3-4-17)13(19)9-7-10(14)12(16)11(15)8-9/h7-8H,2-6,17H2,1H3. The van der Waals surface area contributed by atoms with Gasteiger partial charge in [0.1, 0.15) is 0 Å². The Balaban J connectivity index is 2.95. The summed E-state index contributed by atoms with van der Waals surface area (Å²) in [5, 5.41) is 0. The molecule has 0 bridgehead atoms. The number of hydrogen-bond donors (Lipinski definition) is 1. The molecule has 0 aliphatic heterocycles. The number of rotatable bonds is 6. The highest BCUT2D eigenvalue weighted by Crippen LogP contribution is 2.15. The lowest BCUT2D eigenvalue weighted by Gasteiger charge is -2.22. The number of carbonyl (C=O) groups is 1. The van der Waals surface area contributed by atoms with Gasteiger partial charge in [-0.05, 0) is 31.5 Å². The van der Waals surface area contributed by atoms with Crippen LogP contribution in [0.25, 0.3) is 0 Å². The topological polar surface area (TPSA) is 46.3 Å². The predicted molar refractivity (Wildman–Crippen MR) is 66.2 cm³/mol. The zero-order valence-corrected chi connectivity index (χ0v) is 10.8. The summed E-state index contributed by atoms with van der Waals surface area (Å²) in [7, 11) is 0. The normalized spacial score (nSPS) is 10.6. The number of hydrogen-bond acceptors (Lipinski definition) is 2. The molecule has 0 spiro atoms. The molecule has 106 valence electrons. The Morgan fingerprint density at radius 2 is 1.79 bits per heavy atom. The summed E-state index contributed by atoms with van der Waals surface area (Å²) < 4.78 is 39.0. The molecule has 3 nitrogen and oxygen atoms in total. The summed E-state index contributed by atoms with van der Waals surface area (Å²) in [6.07, 6.45) is 1.31. The van der Waals surface area contributed by atoms with Crippen molar-refractivity contribution in [1.29, 1.82) is 0 Å². The maximum Gasteiger partial charge on any atom is 0.254 e. The van der Waals surface area contributed by atoms with Crippen LogP contribution in [0.15, 0.2) is 12.1 Å². The number of amides is 1. The molecule has 0 heterocycles. The van der Waals surface area contributed by atoms with E-state index in [1.54, 1.807) is 0 Å². The Kier molecular flexibility index (Phi) is 5.82. The van der Waals surface area contributed by atoms with Gasteiger partial charge < -0.3 is 10.6 Å². The zero-order valence-electron chi connectivity index (χ0n) is 10.8. The van der Waals surface area contributed by atoms with Crippen LogP contribution in [0.1, 0.15) is 30.1 Å². The van der Waals surface area contributed by atoms with E-state index in [1.165, 1.54) is 4.90 Å². The Hall–Kier alpha value is -1.56. The van der Waals surface area contributed by atoms with E-state index in [0.29, 0.717) is 44.6 Å². The molecule has 0 atom stereocenters. The van der Waals surface area contributed by atoms with E-state index in [-0.39, 0.29) is 5.56 Å². The maximum absolute atomic E-state index is 13.1. The molecule has 1 amide bonds. The molecule has 0 radical (unpaired) electrons. The molecule has 0 saturated carbocycles. The largest absolute Gasteiger partial charge is 0.339 e. The maximum atomic E-state index is 13.1. The van der Waals surface area contributed by atoms with E-state index >= 15 is 0 Å². The molecule has 2 N–H and O–H groups in total. The van der Waals surface area contributed by atoms with Crippen LogP contribution in [0.3, 0.4) is 0 Å². The van der Waals surface area contributed by atoms with E-state index in [4.69, 9.17) is 5.73 Å². The molecule has 1 aromatic rings. The lowest BCUT2D eigenvalue weighted by atomic mass is 10.1. The average molecular weight is 274 g/mol. The summed E-state index contributed by atoms with van der Waals surface area (Å²) in [5.74, 6) is -4.81. The van der Waals surface area contributed by atoms with Gasteiger partial charge in [0.15, 0.2) is 17.5 Å². The van der Waals surface area contributed by atoms with Gasteiger partial charge in [-0.3, -0.25) is 4.79 Å². The minimum atomic E-state index is -1.57. The summed E-state index contributed by atoms with van der Waals surface area (Å²) in [6, 6.07) is 1.43. The fourth-order valence-corrected chi connectivity index (χ4v) is 1.73. The SMILES string of the molecule is CCCN(CCCN)C(=O)c1cc(F)c(F)c(F)c1. The highest BCUT2D eigenvalue weighted by atomic mass is 19.2. The molecule has 19 heavy (non-hydrogen) atoms. The van der Waals surface area contributed by atoms with Gasteiger partial charge in [-0.25, -0.2) is 13.2 Å². The molecule has 0 unspecified atom stereocenters. The van der Waals surface area contributed by atoms with Crippen LogP contribution in [0.5, 0.6) is 0 Å². The number of nitrogens with zero attached hydrogens (tertiary/aromatic N) is 1. The molecule has 0 saturated heterocycles. The van der Waals surface area contributed by atoms with Crippen molar-refractivity contribution in [3.05, 3.63) is 35.1 Å². The van der Waals surface area contributed by atoms with Crippen molar-refractivity contribution in [2.75, 3.05) is 19.6 Å². The molecule has 1 aromatic carbocycles. The van der Waals surface area contributed by atoms with E-state index in [1.807, 2.05) is 6.92 Å². The Morgan fingerprint density at radius 3 is 2.26 bits per heavy atom. The van der Waals surface area contributed by atoms with E-state index in [2.05, 4.69) is 0 Å². The van der Waals surface area contributed by atoms with Gasteiger partial charge in [0.05, 0.1) is 0 Å². The van der Waals surface area contributed by atoms with Gasteiger partial charge in [0.25, 0.3) is 5.91 Å². The Labute approximate surface area is 110 Å². The van der Waals surface area contributed by atoms with Crippen LogP contribution in [0, 0.1) is 17.5 Å². The first-order valence-corrected chi connectivity index (χ1v) is 6.15. The predicted octanol–water partition coefficient (Wildman–Crippen LogP) is 2.30. The van der Waals surface area contributed by atoms with Gasteiger partial charge in [0, 0.05) is 18.7 Å². The molecule has 1 rings (SSSR count). The molecular formula is C13H17F3N2O. The number of carbonyl (C=O) groups excluding carboxylic acids is 1.